The summed E-state index contributed by atoms with van der Waals surface area (Å²) in [6.07, 6.45) is -0.870. The minimum atomic E-state index is -3.18. The van der Waals surface area contributed by atoms with Crippen molar-refractivity contribution in [2.45, 2.75) is 134 Å². The Balaban J connectivity index is 1.42. The number of hydrogen-bond acceptors (Lipinski definition) is 14. The Labute approximate surface area is 340 Å². The highest BCUT2D eigenvalue weighted by molar-refractivity contribution is 6.08. The van der Waals surface area contributed by atoms with Crippen LogP contribution in [0.5, 0.6) is 0 Å². The summed E-state index contributed by atoms with van der Waals surface area (Å²) >= 11 is 0. The summed E-state index contributed by atoms with van der Waals surface area (Å²) in [7, 11) is 5.05. The number of rotatable bonds is 10. The van der Waals surface area contributed by atoms with Crippen LogP contribution in [0.25, 0.3) is 11.1 Å². The van der Waals surface area contributed by atoms with Crippen molar-refractivity contribution >= 4 is 23.6 Å². The van der Waals surface area contributed by atoms with Gasteiger partial charge in [0.05, 0.1) is 23.9 Å². The number of ketones is 2. The van der Waals surface area contributed by atoms with E-state index >= 15 is 4.39 Å². The number of hydrogen-bond donors (Lipinski definition) is 3. The van der Waals surface area contributed by atoms with Gasteiger partial charge in [-0.1, -0.05) is 52.0 Å². The van der Waals surface area contributed by atoms with E-state index in [1.807, 2.05) is 43.3 Å². The molecule has 3 N–H and O–H groups in total. The summed E-state index contributed by atoms with van der Waals surface area (Å²) in [6.45, 7) is 11.3. The maximum atomic E-state index is 16.8. The van der Waals surface area contributed by atoms with E-state index in [1.54, 1.807) is 40.1 Å². The van der Waals surface area contributed by atoms with Crippen molar-refractivity contribution < 1.29 is 52.4 Å². The predicted molar refractivity (Wildman–Crippen MR) is 210 cm³/mol. The fraction of sp³-hybridized carbons (Fsp3) is 0.667. The van der Waals surface area contributed by atoms with Gasteiger partial charge in [0, 0.05) is 62.0 Å². The molecule has 0 bridgehead atoms. The van der Waals surface area contributed by atoms with Gasteiger partial charge < -0.3 is 44.3 Å². The molecule has 3 saturated heterocycles. The topological polar surface area (TPSA) is 188 Å². The van der Waals surface area contributed by atoms with E-state index < -0.39 is 95.3 Å². The second-order valence-electron chi connectivity index (χ2n) is 16.9. The first-order chi connectivity index (χ1) is 27.3. The number of nitrogens with one attached hydrogen (secondary N) is 2. The minimum Gasteiger partial charge on any atom is -0.455 e. The number of halogens is 1. The first-order valence-corrected chi connectivity index (χ1v) is 20.0. The third-order valence-corrected chi connectivity index (χ3v) is 12.4. The number of ether oxygens (including phenoxy) is 5. The second-order valence-corrected chi connectivity index (χ2v) is 16.9. The number of aliphatic hydroxyl groups is 1. The minimum absolute atomic E-state index is 0.0150. The van der Waals surface area contributed by atoms with Crippen LogP contribution < -0.4 is 10.6 Å². The van der Waals surface area contributed by atoms with Crippen molar-refractivity contribution in [3.8, 4) is 11.1 Å². The first-order valence-electron chi connectivity index (χ1n) is 20.0. The van der Waals surface area contributed by atoms with Crippen LogP contribution in [0.2, 0.25) is 0 Å². The molecule has 0 saturated carbocycles. The standard InChI is InChI=1S/C42H60FN5O10/c1-11-31-42(7)34(47-39(53)58-42)24(3)32(49)23(2)17-40(5,54-10)36(25(4)35(51)41(6,43)38(52)56-31)57-37-33(50)30(48(8)9)16-29(55-37)21-44-18-26-12-14-27(15-13-26)28-19-45-22-46-20-28/h12-15,19-20,22-25,29-31,33-34,36-37,44,50H,11,16-18,21H2,1-10H3,(H,47,53)/t23-,24+,25+,29+,30?,31-,33?,34-,36-,37+,40-,41+,42-/m1/s1. The van der Waals surface area contributed by atoms with E-state index in [1.165, 1.54) is 27.3 Å². The maximum Gasteiger partial charge on any atom is 0.408 e. The lowest BCUT2D eigenvalue weighted by Crippen LogP contribution is -2.62. The highest BCUT2D eigenvalue weighted by Crippen LogP contribution is 2.41. The number of nitrogens with zero attached hydrogens (tertiary/aromatic N) is 3. The zero-order valence-corrected chi connectivity index (χ0v) is 35.2. The lowest BCUT2D eigenvalue weighted by atomic mass is 9.73. The van der Waals surface area contributed by atoms with E-state index in [4.69, 9.17) is 23.7 Å². The maximum absolute atomic E-state index is 16.8. The number of aromatic nitrogens is 2. The largest absolute Gasteiger partial charge is 0.455 e. The lowest BCUT2D eigenvalue weighted by molar-refractivity contribution is -0.297. The zero-order chi connectivity index (χ0) is 42.7. The number of amides is 1. The molecule has 1 aromatic heterocycles. The molecule has 3 aliphatic heterocycles. The number of fused-ring (bicyclic) bond motifs is 1. The second kappa shape index (κ2) is 18.1. The van der Waals surface area contributed by atoms with Gasteiger partial charge in [-0.3, -0.25) is 9.59 Å². The quantitative estimate of drug-likeness (QED) is 0.232. The normalized spacial score (nSPS) is 37.7. The Bertz CT molecular complexity index is 1770. The fourth-order valence-electron chi connectivity index (χ4n) is 8.85. The van der Waals surface area contributed by atoms with E-state index in [9.17, 15) is 24.3 Å². The fourth-order valence-corrected chi connectivity index (χ4v) is 8.85. The van der Waals surface area contributed by atoms with Crippen LogP contribution in [-0.4, -0.2) is 131 Å². The molecule has 16 heteroatoms. The van der Waals surface area contributed by atoms with E-state index in [0.29, 0.717) is 19.5 Å². The molecule has 4 heterocycles. The van der Waals surface area contributed by atoms with Gasteiger partial charge in [-0.15, -0.1) is 0 Å². The molecule has 320 valence electrons. The van der Waals surface area contributed by atoms with Gasteiger partial charge in [0.1, 0.15) is 24.3 Å². The van der Waals surface area contributed by atoms with Crippen LogP contribution in [0.4, 0.5) is 9.18 Å². The number of Topliss-reactive ketones (excluding diaryl/α,β-unsaturated/α-hetero) is 2. The number of aliphatic hydroxyl groups excluding tert-OH is 1. The third kappa shape index (κ3) is 9.27. The van der Waals surface area contributed by atoms with Crippen molar-refractivity contribution in [1.82, 2.24) is 25.5 Å². The van der Waals surface area contributed by atoms with E-state index in [-0.39, 0.29) is 18.6 Å². The third-order valence-electron chi connectivity index (χ3n) is 12.4. The molecule has 2 unspecified atom stereocenters. The Hall–Kier alpha value is -3.93. The number of benzene rings is 1. The van der Waals surface area contributed by atoms with Crippen molar-refractivity contribution in [3.05, 3.63) is 48.5 Å². The molecule has 58 heavy (non-hydrogen) atoms. The summed E-state index contributed by atoms with van der Waals surface area (Å²) < 4.78 is 47.2. The van der Waals surface area contributed by atoms with Gasteiger partial charge in [0.25, 0.3) is 5.67 Å². The van der Waals surface area contributed by atoms with Crippen LogP contribution in [0, 0.1) is 17.8 Å². The molecule has 15 nitrogen and oxygen atoms in total. The Morgan fingerprint density at radius 2 is 1.67 bits per heavy atom. The molecular formula is C42H60FN5O10. The summed E-state index contributed by atoms with van der Waals surface area (Å²) in [5.41, 5.74) is -3.28. The van der Waals surface area contributed by atoms with Gasteiger partial charge in [-0.05, 0) is 65.3 Å². The summed E-state index contributed by atoms with van der Waals surface area (Å²) in [4.78, 5) is 64.8. The number of alkyl halides is 1. The average molecular weight is 814 g/mol. The Kier molecular flexibility index (Phi) is 14.1. The number of carbonyl (C=O) groups is 4. The molecule has 5 rings (SSSR count). The van der Waals surface area contributed by atoms with Crippen molar-refractivity contribution in [2.24, 2.45) is 17.8 Å². The number of cyclic esters (lactones) is 1. The predicted octanol–water partition coefficient (Wildman–Crippen LogP) is 3.80. The molecule has 1 amide bonds. The molecule has 0 aliphatic carbocycles. The van der Waals surface area contributed by atoms with E-state index in [2.05, 4.69) is 20.6 Å². The van der Waals surface area contributed by atoms with Crippen LogP contribution in [0.3, 0.4) is 0 Å². The van der Waals surface area contributed by atoms with Crippen LogP contribution in [-0.2, 0) is 44.6 Å². The highest BCUT2D eigenvalue weighted by Gasteiger charge is 2.59. The van der Waals surface area contributed by atoms with Gasteiger partial charge in [-0.25, -0.2) is 23.9 Å². The number of methoxy groups -OCH3 is 1. The van der Waals surface area contributed by atoms with Gasteiger partial charge >= 0.3 is 12.1 Å². The van der Waals surface area contributed by atoms with Crippen molar-refractivity contribution in [3.63, 3.8) is 0 Å². The Morgan fingerprint density at radius 1 is 1.02 bits per heavy atom. The first kappa shape index (κ1) is 45.2. The molecular weight excluding hydrogens is 753 g/mol. The molecule has 13 atom stereocenters. The van der Waals surface area contributed by atoms with Crippen LogP contribution >= 0.6 is 0 Å². The van der Waals surface area contributed by atoms with Crippen LogP contribution in [0.1, 0.15) is 73.3 Å². The molecule has 0 radical (unpaired) electrons. The number of alkyl carbamates (subject to hydrolysis) is 1. The van der Waals surface area contributed by atoms with Crippen molar-refractivity contribution in [1.29, 1.82) is 0 Å². The van der Waals surface area contributed by atoms with Crippen molar-refractivity contribution in [2.75, 3.05) is 27.7 Å². The smallest absolute Gasteiger partial charge is 0.408 e. The lowest BCUT2D eigenvalue weighted by Gasteiger charge is -2.47. The van der Waals surface area contributed by atoms with E-state index in [0.717, 1.165) is 23.6 Å². The monoisotopic (exact) mass is 813 g/mol. The Morgan fingerprint density at radius 3 is 2.28 bits per heavy atom. The molecule has 2 aromatic rings. The van der Waals surface area contributed by atoms with Gasteiger partial charge in [-0.2, -0.15) is 0 Å². The summed E-state index contributed by atoms with van der Waals surface area (Å²) in [5.74, 6) is -5.86. The molecule has 1 aromatic carbocycles. The number of carbonyl (C=O) groups excluding carboxylic acids is 4. The number of likely N-dealkylation sites (N-methyl/N-ethyl adjacent to an activating group) is 1. The highest BCUT2D eigenvalue weighted by atomic mass is 19.1. The average Bonchev–Trinajstić information content (AvgIpc) is 3.52. The molecule has 3 aliphatic rings. The zero-order valence-electron chi connectivity index (χ0n) is 35.2. The van der Waals surface area contributed by atoms with Gasteiger partial charge in [0.2, 0.25) is 0 Å². The summed E-state index contributed by atoms with van der Waals surface area (Å²) in [6, 6.07) is 6.61. The van der Waals surface area contributed by atoms with Gasteiger partial charge in [0.15, 0.2) is 17.7 Å². The molecule has 3 fully saturated rings. The molecule has 0 spiro atoms. The summed E-state index contributed by atoms with van der Waals surface area (Å²) in [5, 5.41) is 17.8. The SMILES string of the molecule is CC[C@H]1OC(=O)[C@@](C)(F)C(=O)[C@H](C)[C@@H](O[C@@H]2O[C@H](CNCc3ccc(-c4cncnc4)cc3)CC(N(C)C)C2O)[C@](C)(OC)C[C@@H](C)C(=O)[C@H](C)[C@H]2NC(=O)O[C@@]21C. The number of esters is 1. The van der Waals surface area contributed by atoms with Crippen LogP contribution in [0.15, 0.2) is 43.0 Å².